The number of ether oxygens (including phenoxy) is 2. The van der Waals surface area contributed by atoms with Crippen molar-refractivity contribution in [3.8, 4) is 17.0 Å². The van der Waals surface area contributed by atoms with Gasteiger partial charge in [-0.15, -0.1) is 5.10 Å². The largest absolute Gasteiger partial charge is 0.476 e. The van der Waals surface area contributed by atoms with E-state index in [1.807, 2.05) is 25.1 Å². The molecule has 0 bridgehead atoms. The van der Waals surface area contributed by atoms with Crippen molar-refractivity contribution in [2.24, 2.45) is 17.8 Å². The van der Waals surface area contributed by atoms with E-state index in [4.69, 9.17) is 9.47 Å². The van der Waals surface area contributed by atoms with Gasteiger partial charge in [0.2, 0.25) is 5.88 Å². The predicted molar refractivity (Wildman–Crippen MR) is 109 cm³/mol. The lowest BCUT2D eigenvalue weighted by molar-refractivity contribution is -0.144. The fraction of sp³-hybridized carbons (Fsp3) is 0.565. The van der Waals surface area contributed by atoms with E-state index in [1.54, 1.807) is 12.4 Å². The molecule has 154 valence electrons. The van der Waals surface area contributed by atoms with Crippen molar-refractivity contribution in [3.63, 3.8) is 0 Å². The van der Waals surface area contributed by atoms with Crippen LogP contribution < -0.4 is 4.74 Å². The normalized spacial score (nSPS) is 26.0. The van der Waals surface area contributed by atoms with E-state index in [0.29, 0.717) is 25.0 Å². The molecule has 6 nitrogen and oxygen atoms in total. The fourth-order valence-corrected chi connectivity index (χ4v) is 4.14. The van der Waals surface area contributed by atoms with Crippen molar-refractivity contribution in [3.05, 3.63) is 36.3 Å². The number of carbonyl (C=O) groups excluding carboxylic acids is 1. The molecular weight excluding hydrogens is 366 g/mol. The molecule has 2 aromatic heterocycles. The summed E-state index contributed by atoms with van der Waals surface area (Å²) in [5, 5.41) is 8.27. The second-order valence-electron chi connectivity index (χ2n) is 8.39. The fourth-order valence-electron chi connectivity index (χ4n) is 4.14. The summed E-state index contributed by atoms with van der Waals surface area (Å²) in [5.41, 5.74) is 2.89. The summed E-state index contributed by atoms with van der Waals surface area (Å²) in [5.74, 6) is 1.97. The Morgan fingerprint density at radius 2 is 2.00 bits per heavy atom. The van der Waals surface area contributed by atoms with Gasteiger partial charge in [-0.1, -0.05) is 19.8 Å². The van der Waals surface area contributed by atoms with Crippen molar-refractivity contribution in [1.82, 2.24) is 15.2 Å². The Kier molecular flexibility index (Phi) is 6.07. The minimum absolute atomic E-state index is 0.0645. The van der Waals surface area contributed by atoms with Crippen LogP contribution in [-0.2, 0) is 9.53 Å². The molecule has 0 amide bonds. The Morgan fingerprint density at radius 1 is 1.17 bits per heavy atom. The first-order valence-electron chi connectivity index (χ1n) is 10.7. The molecule has 0 saturated heterocycles. The van der Waals surface area contributed by atoms with Gasteiger partial charge >= 0.3 is 5.97 Å². The maximum Gasteiger partial charge on any atom is 0.309 e. The van der Waals surface area contributed by atoms with Crippen LogP contribution in [0.2, 0.25) is 0 Å². The highest BCUT2D eigenvalue weighted by atomic mass is 16.5. The van der Waals surface area contributed by atoms with E-state index in [1.165, 1.54) is 25.7 Å². The van der Waals surface area contributed by atoms with Crippen molar-refractivity contribution in [1.29, 1.82) is 0 Å². The SMILES string of the molecule is CCOC(=O)[C@@H]1C[C@H]1c1cc(-c2cnnc(OC[C@H]3CC[C@H](C)CC3)c2)ccn1. The molecule has 2 aliphatic rings. The smallest absolute Gasteiger partial charge is 0.309 e. The molecule has 2 saturated carbocycles. The lowest BCUT2D eigenvalue weighted by Crippen LogP contribution is -2.19. The van der Waals surface area contributed by atoms with Crippen LogP contribution in [0.15, 0.2) is 30.6 Å². The molecule has 29 heavy (non-hydrogen) atoms. The zero-order valence-corrected chi connectivity index (χ0v) is 17.2. The van der Waals surface area contributed by atoms with Crippen LogP contribution in [0.3, 0.4) is 0 Å². The molecule has 0 aliphatic heterocycles. The maximum absolute atomic E-state index is 11.9. The summed E-state index contributed by atoms with van der Waals surface area (Å²) in [6.45, 7) is 5.28. The van der Waals surface area contributed by atoms with Gasteiger partial charge < -0.3 is 9.47 Å². The molecule has 2 aliphatic carbocycles. The third-order valence-electron chi connectivity index (χ3n) is 6.11. The third-order valence-corrected chi connectivity index (χ3v) is 6.11. The number of rotatable bonds is 7. The summed E-state index contributed by atoms with van der Waals surface area (Å²) in [6.07, 6.45) is 9.36. The first kappa shape index (κ1) is 19.8. The number of nitrogens with zero attached hydrogens (tertiary/aromatic N) is 3. The number of hydrogen-bond acceptors (Lipinski definition) is 6. The minimum Gasteiger partial charge on any atom is -0.476 e. The van der Waals surface area contributed by atoms with E-state index in [0.717, 1.165) is 29.2 Å². The zero-order chi connectivity index (χ0) is 20.2. The molecule has 2 aromatic rings. The van der Waals surface area contributed by atoms with Gasteiger partial charge in [0.1, 0.15) is 0 Å². The molecule has 0 aromatic carbocycles. The van der Waals surface area contributed by atoms with E-state index >= 15 is 0 Å². The Balaban J connectivity index is 1.40. The van der Waals surface area contributed by atoms with Crippen LogP contribution in [0.5, 0.6) is 5.88 Å². The standard InChI is InChI=1S/C23H29N3O3/c1-3-28-23(27)20-12-19(20)21-10-17(8-9-24-21)18-11-22(26-25-13-18)29-14-16-6-4-15(2)5-7-16/h8-11,13,15-16,19-20H,3-7,12,14H2,1-2H3/t15-,16-,19-,20-/m1/s1. The molecular formula is C23H29N3O3. The van der Waals surface area contributed by atoms with Crippen LogP contribution in [0.1, 0.15) is 57.6 Å². The number of esters is 1. The lowest BCUT2D eigenvalue weighted by atomic mass is 9.83. The highest BCUT2D eigenvalue weighted by Crippen LogP contribution is 2.48. The molecule has 0 radical (unpaired) electrons. The average Bonchev–Trinajstić information content (AvgIpc) is 3.55. The highest BCUT2D eigenvalue weighted by molar-refractivity contribution is 5.77. The average molecular weight is 396 g/mol. The molecule has 0 unspecified atom stereocenters. The van der Waals surface area contributed by atoms with Gasteiger partial charge in [-0.25, -0.2) is 0 Å². The number of pyridine rings is 1. The van der Waals surface area contributed by atoms with Gasteiger partial charge in [-0.3, -0.25) is 9.78 Å². The van der Waals surface area contributed by atoms with E-state index < -0.39 is 0 Å². The molecule has 0 N–H and O–H groups in total. The zero-order valence-electron chi connectivity index (χ0n) is 17.2. The van der Waals surface area contributed by atoms with E-state index in [-0.39, 0.29) is 17.8 Å². The maximum atomic E-state index is 11.9. The van der Waals surface area contributed by atoms with E-state index in [2.05, 4.69) is 22.1 Å². The molecule has 0 spiro atoms. The third kappa shape index (κ3) is 4.92. The van der Waals surface area contributed by atoms with Crippen LogP contribution >= 0.6 is 0 Å². The van der Waals surface area contributed by atoms with E-state index in [9.17, 15) is 4.79 Å². The topological polar surface area (TPSA) is 74.2 Å². The highest BCUT2D eigenvalue weighted by Gasteiger charge is 2.46. The van der Waals surface area contributed by atoms with Crippen LogP contribution in [0.25, 0.3) is 11.1 Å². The summed E-state index contributed by atoms with van der Waals surface area (Å²) in [7, 11) is 0. The monoisotopic (exact) mass is 395 g/mol. The number of aromatic nitrogens is 3. The second-order valence-corrected chi connectivity index (χ2v) is 8.39. The quantitative estimate of drug-likeness (QED) is 0.647. The predicted octanol–water partition coefficient (Wildman–Crippen LogP) is 4.41. The van der Waals surface area contributed by atoms with Crippen LogP contribution in [0.4, 0.5) is 0 Å². The molecule has 2 fully saturated rings. The Labute approximate surface area is 172 Å². The minimum atomic E-state index is -0.122. The summed E-state index contributed by atoms with van der Waals surface area (Å²) >= 11 is 0. The number of hydrogen-bond donors (Lipinski definition) is 0. The lowest BCUT2D eigenvalue weighted by Gasteiger charge is -2.25. The first-order valence-corrected chi connectivity index (χ1v) is 10.7. The van der Waals surface area contributed by atoms with Crippen molar-refractivity contribution >= 4 is 5.97 Å². The van der Waals surface area contributed by atoms with Gasteiger partial charge in [0.15, 0.2) is 0 Å². The van der Waals surface area contributed by atoms with Crippen molar-refractivity contribution in [2.75, 3.05) is 13.2 Å². The van der Waals surface area contributed by atoms with Gasteiger partial charge in [0, 0.05) is 29.4 Å². The summed E-state index contributed by atoms with van der Waals surface area (Å²) in [4.78, 5) is 16.4. The van der Waals surface area contributed by atoms with Gasteiger partial charge in [0.25, 0.3) is 0 Å². The Morgan fingerprint density at radius 3 is 2.79 bits per heavy atom. The number of carbonyl (C=O) groups is 1. The molecule has 2 atom stereocenters. The first-order chi connectivity index (χ1) is 14.1. The molecule has 2 heterocycles. The van der Waals surface area contributed by atoms with Gasteiger partial charge in [-0.2, -0.15) is 5.10 Å². The van der Waals surface area contributed by atoms with Gasteiger partial charge in [0.05, 0.1) is 25.3 Å². The Bertz CT molecular complexity index is 849. The molecule has 4 rings (SSSR count). The summed E-state index contributed by atoms with van der Waals surface area (Å²) < 4.78 is 11.1. The van der Waals surface area contributed by atoms with Gasteiger partial charge in [-0.05, 0) is 55.7 Å². The molecule has 6 heteroatoms. The van der Waals surface area contributed by atoms with Crippen LogP contribution in [-0.4, -0.2) is 34.4 Å². The van der Waals surface area contributed by atoms with Crippen LogP contribution in [0, 0.1) is 17.8 Å². The Hall–Kier alpha value is -2.50. The van der Waals surface area contributed by atoms with Crippen molar-refractivity contribution < 1.29 is 14.3 Å². The van der Waals surface area contributed by atoms with Crippen molar-refractivity contribution in [2.45, 2.75) is 51.9 Å². The second kappa shape index (κ2) is 8.89. The summed E-state index contributed by atoms with van der Waals surface area (Å²) in [6, 6.07) is 5.93.